The number of furan rings is 1. The lowest BCUT2D eigenvalue weighted by Crippen LogP contribution is -2.23. The number of nitrogen functional groups attached to an aromatic ring is 1. The fourth-order valence-corrected chi connectivity index (χ4v) is 3.10. The van der Waals surface area contributed by atoms with Crippen LogP contribution in [0.2, 0.25) is 0 Å². The predicted molar refractivity (Wildman–Crippen MR) is 107 cm³/mol. The van der Waals surface area contributed by atoms with Crippen molar-refractivity contribution in [2.45, 2.75) is 32.7 Å². The van der Waals surface area contributed by atoms with E-state index in [-0.39, 0.29) is 11.3 Å². The van der Waals surface area contributed by atoms with Crippen LogP contribution in [0.25, 0.3) is 22.5 Å². The van der Waals surface area contributed by atoms with Crippen LogP contribution in [0, 0.1) is 0 Å². The highest BCUT2D eigenvalue weighted by Gasteiger charge is 2.25. The van der Waals surface area contributed by atoms with Crippen LogP contribution in [-0.2, 0) is 12.0 Å². The number of anilines is 1. The molecular weight excluding hydrogens is 354 g/mol. The molecule has 0 saturated carbocycles. The van der Waals surface area contributed by atoms with Crippen LogP contribution in [0.4, 0.5) is 5.82 Å². The highest BCUT2D eigenvalue weighted by atomic mass is 16.3. The average Bonchev–Trinajstić information content (AvgIpc) is 3.27. The zero-order chi connectivity index (χ0) is 19.9. The molecule has 4 rings (SSSR count). The molecule has 7 heteroatoms. The summed E-state index contributed by atoms with van der Waals surface area (Å²) in [6, 6.07) is 11.3. The first-order valence-corrected chi connectivity index (χ1v) is 9.00. The molecule has 142 valence electrons. The van der Waals surface area contributed by atoms with Crippen molar-refractivity contribution in [3.63, 3.8) is 0 Å². The summed E-state index contributed by atoms with van der Waals surface area (Å²) in [4.78, 5) is 21.1. The van der Waals surface area contributed by atoms with Crippen LogP contribution in [0.1, 0.15) is 36.7 Å². The van der Waals surface area contributed by atoms with E-state index in [1.165, 1.54) is 12.6 Å². The molecule has 0 spiro atoms. The summed E-state index contributed by atoms with van der Waals surface area (Å²) in [5.74, 6) is 0.764. The second kappa shape index (κ2) is 6.60. The molecule has 0 saturated heterocycles. The maximum atomic E-state index is 12.6. The Kier molecular flexibility index (Phi) is 4.22. The SMILES string of the molecule is CC(C)(C)n1nc(-c2cc(C(=O)Cc3ccccc3)co2)c2c(N)ncnc21. The highest BCUT2D eigenvalue weighted by Crippen LogP contribution is 2.33. The van der Waals surface area contributed by atoms with E-state index in [1.54, 1.807) is 10.7 Å². The van der Waals surface area contributed by atoms with E-state index in [1.807, 2.05) is 51.1 Å². The number of fused-ring (bicyclic) bond motifs is 1. The van der Waals surface area contributed by atoms with Crippen LogP contribution in [-0.4, -0.2) is 25.5 Å². The monoisotopic (exact) mass is 375 g/mol. The molecule has 0 unspecified atom stereocenters. The summed E-state index contributed by atoms with van der Waals surface area (Å²) in [6.07, 6.45) is 3.19. The van der Waals surface area contributed by atoms with Gasteiger partial charge in [0.2, 0.25) is 0 Å². The molecule has 3 heterocycles. The van der Waals surface area contributed by atoms with E-state index in [0.717, 1.165) is 5.56 Å². The maximum absolute atomic E-state index is 12.6. The van der Waals surface area contributed by atoms with Gasteiger partial charge in [0.15, 0.2) is 17.2 Å². The molecule has 0 fully saturated rings. The van der Waals surface area contributed by atoms with Crippen LogP contribution in [0.3, 0.4) is 0 Å². The standard InChI is InChI=1S/C21H21N5O2/c1-21(2,3)26-20-17(19(22)23-12-24-20)18(25-26)16-10-14(11-28-16)15(27)9-13-7-5-4-6-8-13/h4-8,10-12H,9H2,1-3H3,(H2,22,23,24). The first kappa shape index (κ1) is 17.9. The second-order valence-corrected chi connectivity index (χ2v) is 7.67. The van der Waals surface area contributed by atoms with Crippen molar-refractivity contribution in [3.05, 3.63) is 60.1 Å². The van der Waals surface area contributed by atoms with Gasteiger partial charge < -0.3 is 10.2 Å². The zero-order valence-electron chi connectivity index (χ0n) is 16.0. The lowest BCUT2D eigenvalue weighted by molar-refractivity contribution is 0.0992. The van der Waals surface area contributed by atoms with E-state index < -0.39 is 0 Å². The molecule has 0 radical (unpaired) electrons. The lowest BCUT2D eigenvalue weighted by atomic mass is 10.0. The van der Waals surface area contributed by atoms with Gasteiger partial charge in [0.25, 0.3) is 0 Å². The number of Topliss-reactive ketones (excluding diaryl/α,β-unsaturated/α-hetero) is 1. The average molecular weight is 375 g/mol. The summed E-state index contributed by atoms with van der Waals surface area (Å²) in [5, 5.41) is 5.30. The molecule has 1 aromatic carbocycles. The van der Waals surface area contributed by atoms with E-state index in [2.05, 4.69) is 15.1 Å². The second-order valence-electron chi connectivity index (χ2n) is 7.67. The van der Waals surface area contributed by atoms with Gasteiger partial charge in [0.05, 0.1) is 16.5 Å². The van der Waals surface area contributed by atoms with Gasteiger partial charge in [-0.1, -0.05) is 30.3 Å². The minimum absolute atomic E-state index is 0.0232. The first-order chi connectivity index (χ1) is 13.3. The van der Waals surface area contributed by atoms with Gasteiger partial charge >= 0.3 is 0 Å². The van der Waals surface area contributed by atoms with Gasteiger partial charge in [-0.15, -0.1) is 0 Å². The van der Waals surface area contributed by atoms with Gasteiger partial charge in [-0.3, -0.25) is 4.79 Å². The fraction of sp³-hybridized carbons (Fsp3) is 0.238. The van der Waals surface area contributed by atoms with Gasteiger partial charge in [-0.2, -0.15) is 5.10 Å². The predicted octanol–water partition coefficient (Wildman–Crippen LogP) is 3.85. The molecule has 2 N–H and O–H groups in total. The largest absolute Gasteiger partial charge is 0.462 e. The normalized spacial score (nSPS) is 11.8. The fourth-order valence-electron chi connectivity index (χ4n) is 3.10. The van der Waals surface area contributed by atoms with Crippen LogP contribution in [0.15, 0.2) is 53.4 Å². The molecule has 0 atom stereocenters. The Morgan fingerprint density at radius 2 is 1.93 bits per heavy atom. The molecule has 3 aromatic heterocycles. The summed E-state index contributed by atoms with van der Waals surface area (Å²) in [7, 11) is 0. The van der Waals surface area contributed by atoms with E-state index in [0.29, 0.717) is 40.3 Å². The van der Waals surface area contributed by atoms with Crippen molar-refractivity contribution in [1.29, 1.82) is 0 Å². The van der Waals surface area contributed by atoms with E-state index in [9.17, 15) is 4.79 Å². The quantitative estimate of drug-likeness (QED) is 0.544. The molecule has 0 amide bonds. The number of carbonyl (C=O) groups excluding carboxylic acids is 1. The molecular formula is C21H21N5O2. The molecule has 0 bridgehead atoms. The lowest BCUT2D eigenvalue weighted by Gasteiger charge is -2.19. The Labute approximate surface area is 162 Å². The van der Waals surface area contributed by atoms with Gasteiger partial charge in [0.1, 0.15) is 24.1 Å². The first-order valence-electron chi connectivity index (χ1n) is 9.00. The number of nitrogens with two attached hydrogens (primary N) is 1. The van der Waals surface area contributed by atoms with Crippen molar-refractivity contribution in [3.8, 4) is 11.5 Å². The van der Waals surface area contributed by atoms with Crippen molar-refractivity contribution in [1.82, 2.24) is 19.7 Å². The number of hydrogen-bond donors (Lipinski definition) is 1. The van der Waals surface area contributed by atoms with Gasteiger partial charge in [-0.25, -0.2) is 14.6 Å². The van der Waals surface area contributed by atoms with Crippen LogP contribution in [0.5, 0.6) is 0 Å². The Hall–Kier alpha value is -3.48. The summed E-state index contributed by atoms with van der Waals surface area (Å²) in [6.45, 7) is 6.08. The smallest absolute Gasteiger partial charge is 0.170 e. The van der Waals surface area contributed by atoms with Crippen molar-refractivity contribution >= 4 is 22.6 Å². The number of carbonyl (C=O) groups is 1. The zero-order valence-corrected chi connectivity index (χ0v) is 16.0. The Morgan fingerprint density at radius 1 is 1.18 bits per heavy atom. The van der Waals surface area contributed by atoms with Gasteiger partial charge in [-0.05, 0) is 32.4 Å². The Morgan fingerprint density at radius 3 is 2.64 bits per heavy atom. The van der Waals surface area contributed by atoms with E-state index in [4.69, 9.17) is 10.2 Å². The minimum atomic E-state index is -0.310. The topological polar surface area (TPSA) is 99.8 Å². The van der Waals surface area contributed by atoms with E-state index >= 15 is 0 Å². The van der Waals surface area contributed by atoms with Crippen molar-refractivity contribution in [2.24, 2.45) is 0 Å². The van der Waals surface area contributed by atoms with Crippen LogP contribution < -0.4 is 5.73 Å². The van der Waals surface area contributed by atoms with Crippen LogP contribution >= 0.6 is 0 Å². The Balaban J connectivity index is 1.75. The molecule has 4 aromatic rings. The summed E-state index contributed by atoms with van der Waals surface area (Å²) >= 11 is 0. The van der Waals surface area contributed by atoms with Crippen molar-refractivity contribution in [2.75, 3.05) is 5.73 Å². The van der Waals surface area contributed by atoms with Gasteiger partial charge in [0, 0.05) is 6.42 Å². The Bertz CT molecular complexity index is 1150. The molecule has 28 heavy (non-hydrogen) atoms. The number of hydrogen-bond acceptors (Lipinski definition) is 6. The number of benzene rings is 1. The van der Waals surface area contributed by atoms with Crippen molar-refractivity contribution < 1.29 is 9.21 Å². The molecule has 7 nitrogen and oxygen atoms in total. The third-order valence-corrected chi connectivity index (χ3v) is 4.49. The number of ketones is 1. The number of nitrogens with zero attached hydrogens (tertiary/aromatic N) is 4. The highest BCUT2D eigenvalue weighted by molar-refractivity contribution is 6.01. The summed E-state index contributed by atoms with van der Waals surface area (Å²) < 4.78 is 7.49. The molecule has 0 aliphatic carbocycles. The summed E-state index contributed by atoms with van der Waals surface area (Å²) in [5.41, 5.74) is 8.40. The third kappa shape index (κ3) is 3.15. The maximum Gasteiger partial charge on any atom is 0.170 e. The third-order valence-electron chi connectivity index (χ3n) is 4.49. The minimum Gasteiger partial charge on any atom is -0.462 e. The molecule has 0 aliphatic heterocycles. The molecule has 0 aliphatic rings. The number of rotatable bonds is 4. The number of aromatic nitrogens is 4.